The molecule has 2 aromatic rings. The lowest BCUT2D eigenvalue weighted by atomic mass is 10.1. The number of alkyl halides is 3. The van der Waals surface area contributed by atoms with Gasteiger partial charge in [0.05, 0.1) is 4.88 Å². The fourth-order valence-electron chi connectivity index (χ4n) is 1.54. The quantitative estimate of drug-likeness (QED) is 0.941. The fourth-order valence-corrected chi connectivity index (χ4v) is 2.51. The van der Waals surface area contributed by atoms with Crippen LogP contribution in [-0.2, 0) is 12.7 Å². The molecule has 2 rings (SSSR count). The number of hydrogen-bond acceptors (Lipinski definition) is 5. The Morgan fingerprint density at radius 3 is 2.29 bits per heavy atom. The molecular weight excluding hydrogens is 301 g/mol. The molecule has 0 aliphatic heterocycles. The smallest absolute Gasteiger partial charge is 0.307 e. The predicted molar refractivity (Wildman–Crippen MR) is 74.7 cm³/mol. The Labute approximate surface area is 124 Å². The van der Waals surface area contributed by atoms with Crippen LogP contribution < -0.4 is 5.32 Å². The maximum Gasteiger partial charge on any atom is 0.434 e. The van der Waals surface area contributed by atoms with Gasteiger partial charge in [-0.05, 0) is 26.8 Å². The molecule has 0 aliphatic carbocycles. The van der Waals surface area contributed by atoms with Gasteiger partial charge in [0.2, 0.25) is 0 Å². The molecule has 2 aromatic heterocycles. The number of halogens is 3. The Morgan fingerprint density at radius 2 is 1.76 bits per heavy atom. The number of aromatic nitrogens is 3. The van der Waals surface area contributed by atoms with Crippen LogP contribution in [0.2, 0.25) is 0 Å². The molecule has 0 radical (unpaired) electrons. The summed E-state index contributed by atoms with van der Waals surface area (Å²) in [5, 5.41) is 3.22. The van der Waals surface area contributed by atoms with Gasteiger partial charge < -0.3 is 5.32 Å². The second-order valence-corrected chi connectivity index (χ2v) is 6.55. The van der Waals surface area contributed by atoms with Crippen LogP contribution >= 0.6 is 11.3 Å². The Kier molecular flexibility index (Phi) is 4.29. The van der Waals surface area contributed by atoms with Crippen molar-refractivity contribution >= 4 is 11.3 Å². The average molecular weight is 316 g/mol. The summed E-state index contributed by atoms with van der Waals surface area (Å²) in [6, 6.07) is 1.60. The van der Waals surface area contributed by atoms with Crippen molar-refractivity contribution in [2.24, 2.45) is 0 Å². The second kappa shape index (κ2) is 5.69. The molecule has 0 saturated heterocycles. The molecule has 0 bridgehead atoms. The maximum absolute atomic E-state index is 13.1. The normalized spacial score (nSPS) is 12.7. The van der Waals surface area contributed by atoms with Crippen LogP contribution in [0.4, 0.5) is 13.2 Å². The zero-order valence-corrected chi connectivity index (χ0v) is 12.6. The van der Waals surface area contributed by atoms with Gasteiger partial charge in [-0.1, -0.05) is 0 Å². The largest absolute Gasteiger partial charge is 0.434 e. The van der Waals surface area contributed by atoms with Gasteiger partial charge in [-0.25, -0.2) is 15.0 Å². The molecule has 0 spiro atoms. The highest BCUT2D eigenvalue weighted by atomic mass is 32.1. The second-order valence-electron chi connectivity index (χ2n) is 5.46. The summed E-state index contributed by atoms with van der Waals surface area (Å²) >= 11 is 0.962. The predicted octanol–water partition coefficient (Wildman–Crippen LogP) is 3.51. The molecule has 0 unspecified atom stereocenters. The molecule has 8 heteroatoms. The minimum Gasteiger partial charge on any atom is -0.307 e. The first-order valence-corrected chi connectivity index (χ1v) is 7.08. The first kappa shape index (κ1) is 15.8. The maximum atomic E-state index is 13.1. The van der Waals surface area contributed by atoms with Crippen molar-refractivity contribution in [1.29, 1.82) is 0 Å². The van der Waals surface area contributed by atoms with Crippen LogP contribution in [0.25, 0.3) is 10.8 Å². The summed E-state index contributed by atoms with van der Waals surface area (Å²) < 4.78 is 39.2. The number of nitrogens with zero attached hydrogens (tertiary/aromatic N) is 3. The van der Waals surface area contributed by atoms with Gasteiger partial charge in [-0.2, -0.15) is 13.2 Å². The molecule has 0 saturated carbocycles. The fraction of sp³-hybridized carbons (Fsp3) is 0.462. The minimum absolute atomic E-state index is 0.100. The molecule has 114 valence electrons. The van der Waals surface area contributed by atoms with E-state index in [1.807, 2.05) is 20.8 Å². The molecule has 1 N–H and O–H groups in total. The van der Waals surface area contributed by atoms with E-state index in [1.54, 1.807) is 6.07 Å². The highest BCUT2D eigenvalue weighted by Crippen LogP contribution is 2.36. The van der Waals surface area contributed by atoms with Crippen molar-refractivity contribution in [3.8, 4) is 10.8 Å². The van der Waals surface area contributed by atoms with Crippen molar-refractivity contribution in [1.82, 2.24) is 20.3 Å². The Morgan fingerprint density at radius 1 is 1.14 bits per heavy atom. The SMILES string of the molecule is CC(C)(C)NCc1sc(-c2ncccn2)nc1C(F)(F)F. The van der Waals surface area contributed by atoms with E-state index in [1.165, 1.54) is 12.4 Å². The van der Waals surface area contributed by atoms with Gasteiger partial charge in [-0.3, -0.25) is 0 Å². The summed E-state index contributed by atoms with van der Waals surface area (Å²) in [7, 11) is 0. The van der Waals surface area contributed by atoms with E-state index in [0.29, 0.717) is 0 Å². The first-order chi connectivity index (χ1) is 9.67. The summed E-state index contributed by atoms with van der Waals surface area (Å²) in [5.41, 5.74) is -1.15. The monoisotopic (exact) mass is 316 g/mol. The zero-order valence-electron chi connectivity index (χ0n) is 11.8. The molecule has 21 heavy (non-hydrogen) atoms. The summed E-state index contributed by atoms with van der Waals surface area (Å²) in [5.74, 6) is 0.204. The van der Waals surface area contributed by atoms with Gasteiger partial charge in [0.15, 0.2) is 16.5 Å². The Bertz CT molecular complexity index is 602. The zero-order chi connectivity index (χ0) is 15.7. The molecular formula is C13H15F3N4S. The van der Waals surface area contributed by atoms with Gasteiger partial charge in [0, 0.05) is 24.5 Å². The minimum atomic E-state index is -4.49. The average Bonchev–Trinajstić information content (AvgIpc) is 2.81. The van der Waals surface area contributed by atoms with E-state index in [4.69, 9.17) is 0 Å². The van der Waals surface area contributed by atoms with Crippen molar-refractivity contribution in [3.63, 3.8) is 0 Å². The third-order valence-electron chi connectivity index (χ3n) is 2.50. The molecule has 2 heterocycles. The van der Waals surface area contributed by atoms with E-state index in [2.05, 4.69) is 20.3 Å². The van der Waals surface area contributed by atoms with Crippen molar-refractivity contribution in [2.75, 3.05) is 0 Å². The van der Waals surface area contributed by atoms with Crippen LogP contribution in [0.3, 0.4) is 0 Å². The molecule has 4 nitrogen and oxygen atoms in total. The van der Waals surface area contributed by atoms with Crippen molar-refractivity contribution in [3.05, 3.63) is 29.0 Å². The molecule has 0 atom stereocenters. The topological polar surface area (TPSA) is 50.7 Å². The van der Waals surface area contributed by atoms with Crippen LogP contribution in [0.1, 0.15) is 31.3 Å². The van der Waals surface area contributed by atoms with Crippen molar-refractivity contribution < 1.29 is 13.2 Å². The van der Waals surface area contributed by atoms with Crippen molar-refractivity contribution in [2.45, 2.75) is 39.0 Å². The number of hydrogen-bond donors (Lipinski definition) is 1. The number of nitrogens with one attached hydrogen (secondary N) is 1. The highest BCUT2D eigenvalue weighted by molar-refractivity contribution is 7.15. The standard InChI is InChI=1S/C13H15F3N4S/c1-12(2,3)19-7-8-9(13(14,15)16)20-11(21-8)10-17-5-4-6-18-10/h4-6,19H,7H2,1-3H3. The lowest BCUT2D eigenvalue weighted by Crippen LogP contribution is -2.35. The molecule has 0 fully saturated rings. The van der Waals surface area contributed by atoms with Crippen LogP contribution in [0.5, 0.6) is 0 Å². The highest BCUT2D eigenvalue weighted by Gasteiger charge is 2.38. The lowest BCUT2D eigenvalue weighted by Gasteiger charge is -2.20. The van der Waals surface area contributed by atoms with Gasteiger partial charge >= 0.3 is 6.18 Å². The molecule has 0 aromatic carbocycles. The van der Waals surface area contributed by atoms with Crippen LogP contribution in [0.15, 0.2) is 18.5 Å². The van der Waals surface area contributed by atoms with E-state index >= 15 is 0 Å². The van der Waals surface area contributed by atoms with E-state index < -0.39 is 11.9 Å². The van der Waals surface area contributed by atoms with Crippen LogP contribution in [0, 0.1) is 0 Å². The third kappa shape index (κ3) is 4.21. The van der Waals surface area contributed by atoms with E-state index in [-0.39, 0.29) is 27.8 Å². The third-order valence-corrected chi connectivity index (χ3v) is 3.55. The summed E-state index contributed by atoms with van der Waals surface area (Å²) in [4.78, 5) is 11.7. The summed E-state index contributed by atoms with van der Waals surface area (Å²) in [6.07, 6.45) is -1.54. The van der Waals surface area contributed by atoms with Gasteiger partial charge in [-0.15, -0.1) is 11.3 Å². The first-order valence-electron chi connectivity index (χ1n) is 6.26. The summed E-state index contributed by atoms with van der Waals surface area (Å²) in [6.45, 7) is 5.77. The van der Waals surface area contributed by atoms with Gasteiger partial charge in [0.25, 0.3) is 0 Å². The molecule has 0 aliphatic rings. The number of thiazole rings is 1. The van der Waals surface area contributed by atoms with Gasteiger partial charge in [0.1, 0.15) is 0 Å². The molecule has 0 amide bonds. The van der Waals surface area contributed by atoms with E-state index in [0.717, 1.165) is 11.3 Å². The van der Waals surface area contributed by atoms with Crippen LogP contribution in [-0.4, -0.2) is 20.5 Å². The van der Waals surface area contributed by atoms with E-state index in [9.17, 15) is 13.2 Å². The Balaban J connectivity index is 2.36. The Hall–Kier alpha value is -1.54. The lowest BCUT2D eigenvalue weighted by molar-refractivity contribution is -0.141. The number of rotatable bonds is 3.